The Hall–Kier alpha value is -2.65. The number of hydrogen-bond acceptors (Lipinski definition) is 4. The Balaban J connectivity index is 1.80. The molecule has 1 aliphatic heterocycles. The van der Waals surface area contributed by atoms with Crippen LogP contribution in [-0.2, 0) is 10.9 Å². The second kappa shape index (κ2) is 11.5. The highest BCUT2D eigenvalue weighted by Crippen LogP contribution is 2.31. The number of guanidine groups is 1. The SMILES string of the molecule is CCNC(=NCCOc1cccc(C(F)(F)F)c1)NC1CCN(C(=O)OCC)CC1. The highest BCUT2D eigenvalue weighted by molar-refractivity contribution is 5.80. The monoisotopic (exact) mass is 430 g/mol. The number of halogens is 3. The molecule has 2 N–H and O–H groups in total. The van der Waals surface area contributed by atoms with Crippen LogP contribution in [0.25, 0.3) is 0 Å². The van der Waals surface area contributed by atoms with Crippen molar-refractivity contribution in [3.05, 3.63) is 29.8 Å². The van der Waals surface area contributed by atoms with Crippen molar-refractivity contribution in [1.82, 2.24) is 15.5 Å². The summed E-state index contributed by atoms with van der Waals surface area (Å²) in [5.74, 6) is 0.768. The Morgan fingerprint density at radius 1 is 1.27 bits per heavy atom. The van der Waals surface area contributed by atoms with Crippen LogP contribution >= 0.6 is 0 Å². The number of nitrogens with one attached hydrogen (secondary N) is 2. The van der Waals surface area contributed by atoms with E-state index >= 15 is 0 Å². The van der Waals surface area contributed by atoms with E-state index in [0.29, 0.717) is 32.2 Å². The van der Waals surface area contributed by atoms with Crippen LogP contribution in [0.1, 0.15) is 32.3 Å². The van der Waals surface area contributed by atoms with Gasteiger partial charge >= 0.3 is 12.3 Å². The average Bonchev–Trinajstić information content (AvgIpc) is 2.71. The zero-order valence-corrected chi connectivity index (χ0v) is 17.3. The number of benzene rings is 1. The second-order valence-electron chi connectivity index (χ2n) is 6.74. The third kappa shape index (κ3) is 7.64. The molecule has 1 fully saturated rings. The van der Waals surface area contributed by atoms with E-state index in [-0.39, 0.29) is 31.0 Å². The molecule has 0 bridgehead atoms. The lowest BCUT2D eigenvalue weighted by atomic mass is 10.1. The van der Waals surface area contributed by atoms with Crippen LogP contribution in [0.3, 0.4) is 0 Å². The smallest absolute Gasteiger partial charge is 0.416 e. The zero-order valence-electron chi connectivity index (χ0n) is 17.3. The first-order valence-electron chi connectivity index (χ1n) is 10.1. The van der Waals surface area contributed by atoms with Gasteiger partial charge in [0.25, 0.3) is 0 Å². The Bertz CT molecular complexity index is 705. The fraction of sp³-hybridized carbons (Fsp3) is 0.600. The van der Waals surface area contributed by atoms with Crippen molar-refractivity contribution < 1.29 is 27.4 Å². The van der Waals surface area contributed by atoms with Gasteiger partial charge in [0.1, 0.15) is 12.4 Å². The number of ether oxygens (including phenoxy) is 2. The summed E-state index contributed by atoms with van der Waals surface area (Å²) in [6, 6.07) is 4.95. The first-order chi connectivity index (χ1) is 14.3. The van der Waals surface area contributed by atoms with E-state index in [1.807, 2.05) is 6.92 Å². The van der Waals surface area contributed by atoms with Crippen LogP contribution in [0.15, 0.2) is 29.3 Å². The van der Waals surface area contributed by atoms with E-state index in [4.69, 9.17) is 9.47 Å². The standard InChI is InChI=1S/C20H29F3N4O3/c1-3-24-18(26-16-8-11-27(12-9-16)19(28)29-4-2)25-10-13-30-17-7-5-6-15(14-17)20(21,22)23/h5-7,14,16H,3-4,8-13H2,1-2H3,(H2,24,25,26). The predicted octanol–water partition coefficient (Wildman–Crippen LogP) is 3.26. The van der Waals surface area contributed by atoms with Crippen molar-refractivity contribution in [2.24, 2.45) is 4.99 Å². The summed E-state index contributed by atoms with van der Waals surface area (Å²) >= 11 is 0. The van der Waals surface area contributed by atoms with Crippen LogP contribution in [0.2, 0.25) is 0 Å². The number of rotatable bonds is 7. The van der Waals surface area contributed by atoms with Crippen LogP contribution in [0.4, 0.5) is 18.0 Å². The Morgan fingerprint density at radius 2 is 2.00 bits per heavy atom. The summed E-state index contributed by atoms with van der Waals surface area (Å²) in [7, 11) is 0. The van der Waals surface area contributed by atoms with E-state index in [2.05, 4.69) is 15.6 Å². The normalized spacial score (nSPS) is 15.6. The van der Waals surface area contributed by atoms with Gasteiger partial charge in [-0.15, -0.1) is 0 Å². The number of nitrogens with zero attached hydrogens (tertiary/aromatic N) is 2. The molecule has 10 heteroatoms. The lowest BCUT2D eigenvalue weighted by Crippen LogP contribution is -2.50. The van der Waals surface area contributed by atoms with Gasteiger partial charge in [0.2, 0.25) is 0 Å². The minimum atomic E-state index is -4.40. The topological polar surface area (TPSA) is 75.2 Å². The molecule has 1 aromatic carbocycles. The Labute approximate surface area is 174 Å². The van der Waals surface area contributed by atoms with E-state index in [0.717, 1.165) is 25.0 Å². The van der Waals surface area contributed by atoms with Gasteiger partial charge < -0.3 is 25.0 Å². The van der Waals surface area contributed by atoms with Crippen molar-refractivity contribution in [2.45, 2.75) is 38.9 Å². The minimum Gasteiger partial charge on any atom is -0.492 e. The van der Waals surface area contributed by atoms with Crippen LogP contribution in [0, 0.1) is 0 Å². The highest BCUT2D eigenvalue weighted by atomic mass is 19.4. The summed E-state index contributed by atoms with van der Waals surface area (Å²) in [4.78, 5) is 17.9. The van der Waals surface area contributed by atoms with Gasteiger partial charge in [-0.2, -0.15) is 13.2 Å². The van der Waals surface area contributed by atoms with E-state index in [1.165, 1.54) is 12.1 Å². The van der Waals surface area contributed by atoms with Crippen molar-refractivity contribution in [3.8, 4) is 5.75 Å². The number of carbonyl (C=O) groups is 1. The third-order valence-corrected chi connectivity index (χ3v) is 4.50. The van der Waals surface area contributed by atoms with Crippen LogP contribution < -0.4 is 15.4 Å². The molecular formula is C20H29F3N4O3. The molecule has 0 aromatic heterocycles. The van der Waals surface area contributed by atoms with Gasteiger partial charge in [-0.3, -0.25) is 0 Å². The highest BCUT2D eigenvalue weighted by Gasteiger charge is 2.30. The number of carbonyl (C=O) groups excluding carboxylic acids is 1. The molecule has 1 saturated heterocycles. The summed E-state index contributed by atoms with van der Waals surface area (Å²) in [6.45, 7) is 6.40. The molecular weight excluding hydrogens is 401 g/mol. The predicted molar refractivity (Wildman–Crippen MR) is 108 cm³/mol. The number of aliphatic imine (C=N–C) groups is 1. The Morgan fingerprint density at radius 3 is 2.63 bits per heavy atom. The molecule has 1 amide bonds. The van der Waals surface area contributed by atoms with Crippen LogP contribution in [-0.4, -0.2) is 62.4 Å². The molecule has 0 atom stereocenters. The largest absolute Gasteiger partial charge is 0.492 e. The average molecular weight is 430 g/mol. The summed E-state index contributed by atoms with van der Waals surface area (Å²) in [5, 5.41) is 6.47. The number of amides is 1. The lowest BCUT2D eigenvalue weighted by Gasteiger charge is -2.32. The molecule has 0 radical (unpaired) electrons. The van der Waals surface area contributed by atoms with Gasteiger partial charge in [0, 0.05) is 25.7 Å². The van der Waals surface area contributed by atoms with E-state index < -0.39 is 11.7 Å². The molecule has 0 aliphatic carbocycles. The van der Waals surface area contributed by atoms with Gasteiger partial charge in [0.15, 0.2) is 5.96 Å². The third-order valence-electron chi connectivity index (χ3n) is 4.50. The summed E-state index contributed by atoms with van der Waals surface area (Å²) in [6.07, 6.45) is -3.15. The molecule has 1 aromatic rings. The number of hydrogen-bond donors (Lipinski definition) is 2. The molecule has 7 nitrogen and oxygen atoms in total. The maximum absolute atomic E-state index is 12.8. The second-order valence-corrected chi connectivity index (χ2v) is 6.74. The van der Waals surface area contributed by atoms with E-state index in [1.54, 1.807) is 11.8 Å². The van der Waals surface area contributed by atoms with Gasteiger partial charge in [0.05, 0.1) is 18.7 Å². The van der Waals surface area contributed by atoms with Crippen molar-refractivity contribution in [3.63, 3.8) is 0 Å². The fourth-order valence-electron chi connectivity index (χ4n) is 3.02. The van der Waals surface area contributed by atoms with Gasteiger partial charge in [-0.25, -0.2) is 9.79 Å². The lowest BCUT2D eigenvalue weighted by molar-refractivity contribution is -0.137. The molecule has 0 saturated carbocycles. The quantitative estimate of drug-likeness (QED) is 0.395. The zero-order chi connectivity index (χ0) is 22.0. The molecule has 1 heterocycles. The maximum atomic E-state index is 12.8. The van der Waals surface area contributed by atoms with Crippen molar-refractivity contribution in [2.75, 3.05) is 39.4 Å². The summed E-state index contributed by atoms with van der Waals surface area (Å²) in [5.41, 5.74) is -0.743. The summed E-state index contributed by atoms with van der Waals surface area (Å²) < 4.78 is 48.7. The first kappa shape index (κ1) is 23.6. The van der Waals surface area contributed by atoms with Gasteiger partial charge in [-0.05, 0) is 44.9 Å². The molecule has 1 aliphatic rings. The first-order valence-corrected chi connectivity index (χ1v) is 10.1. The fourth-order valence-corrected chi connectivity index (χ4v) is 3.02. The van der Waals surface area contributed by atoms with Crippen molar-refractivity contribution >= 4 is 12.1 Å². The van der Waals surface area contributed by atoms with E-state index in [9.17, 15) is 18.0 Å². The number of alkyl halides is 3. The van der Waals surface area contributed by atoms with Gasteiger partial charge in [-0.1, -0.05) is 6.07 Å². The molecule has 0 unspecified atom stereocenters. The van der Waals surface area contributed by atoms with Crippen molar-refractivity contribution in [1.29, 1.82) is 0 Å². The molecule has 2 rings (SSSR count). The molecule has 0 spiro atoms. The Kier molecular flexibility index (Phi) is 9.07. The maximum Gasteiger partial charge on any atom is 0.416 e. The minimum absolute atomic E-state index is 0.152. The molecule has 30 heavy (non-hydrogen) atoms. The van der Waals surface area contributed by atoms with Crippen LogP contribution in [0.5, 0.6) is 5.75 Å². The number of likely N-dealkylation sites (tertiary alicyclic amines) is 1. The molecule has 168 valence electrons. The number of piperidine rings is 1.